The highest BCUT2D eigenvalue weighted by molar-refractivity contribution is 8.00. The Morgan fingerprint density at radius 3 is 2.36 bits per heavy atom. The number of benzene rings is 3. The molecule has 7 nitrogen and oxygen atoms in total. The summed E-state index contributed by atoms with van der Waals surface area (Å²) in [6, 6.07) is 22.8. The molecule has 4 rings (SSSR count). The van der Waals surface area contributed by atoms with Crippen molar-refractivity contribution in [3.63, 3.8) is 0 Å². The van der Waals surface area contributed by atoms with Gasteiger partial charge >= 0.3 is 5.97 Å². The van der Waals surface area contributed by atoms with Crippen molar-refractivity contribution in [2.75, 3.05) is 16.8 Å². The molecule has 36 heavy (non-hydrogen) atoms. The van der Waals surface area contributed by atoms with Crippen LogP contribution in [0, 0.1) is 0 Å². The third-order valence-corrected chi connectivity index (χ3v) is 6.57. The van der Waals surface area contributed by atoms with E-state index in [0.29, 0.717) is 16.9 Å². The smallest absolute Gasteiger partial charge is 0.338 e. The van der Waals surface area contributed by atoms with Gasteiger partial charge in [0.15, 0.2) is 0 Å². The number of anilines is 2. The number of carbonyl (C=O) groups is 4. The van der Waals surface area contributed by atoms with Gasteiger partial charge in [-0.15, -0.1) is 11.8 Å². The largest absolute Gasteiger partial charge is 0.462 e. The number of nitrogens with one attached hydrogen (secondary N) is 1. The summed E-state index contributed by atoms with van der Waals surface area (Å²) < 4.78 is 4.96. The first-order valence-corrected chi connectivity index (χ1v) is 12.3. The fourth-order valence-corrected chi connectivity index (χ4v) is 4.68. The van der Waals surface area contributed by atoms with Crippen molar-refractivity contribution >= 4 is 52.9 Å². The first kappa shape index (κ1) is 24.9. The number of rotatable bonds is 8. The number of nitrogens with zero attached hydrogens (tertiary/aromatic N) is 1. The molecule has 3 aromatic carbocycles. The van der Waals surface area contributed by atoms with E-state index in [0.717, 1.165) is 15.4 Å². The minimum atomic E-state index is -0.559. The Kier molecular flexibility index (Phi) is 7.97. The molecule has 182 valence electrons. The fourth-order valence-electron chi connectivity index (χ4n) is 3.63. The quantitative estimate of drug-likeness (QED) is 0.268. The van der Waals surface area contributed by atoms with E-state index in [1.54, 1.807) is 49.4 Å². The summed E-state index contributed by atoms with van der Waals surface area (Å²) in [5.74, 6) is -1.31. The lowest BCUT2D eigenvalue weighted by atomic mass is 10.2. The van der Waals surface area contributed by atoms with Gasteiger partial charge in [0.1, 0.15) is 0 Å². The number of imide groups is 1. The van der Waals surface area contributed by atoms with Crippen LogP contribution in [-0.2, 0) is 19.1 Å². The highest BCUT2D eigenvalue weighted by Crippen LogP contribution is 2.34. The molecule has 0 radical (unpaired) electrons. The summed E-state index contributed by atoms with van der Waals surface area (Å²) in [4.78, 5) is 51.5. The predicted molar refractivity (Wildman–Crippen MR) is 140 cm³/mol. The van der Waals surface area contributed by atoms with E-state index in [1.165, 1.54) is 30.0 Å². The van der Waals surface area contributed by atoms with Gasteiger partial charge in [0.05, 0.1) is 23.1 Å². The summed E-state index contributed by atoms with van der Waals surface area (Å²) in [5.41, 5.74) is 2.33. The monoisotopic (exact) mass is 500 g/mol. The van der Waals surface area contributed by atoms with Crippen LogP contribution in [0.15, 0.2) is 89.8 Å². The Labute approximate surface area is 213 Å². The third-order valence-electron chi connectivity index (χ3n) is 5.37. The number of thioether (sulfide) groups is 1. The van der Waals surface area contributed by atoms with Crippen LogP contribution in [0.1, 0.15) is 29.3 Å². The van der Waals surface area contributed by atoms with E-state index in [2.05, 4.69) is 5.32 Å². The standard InChI is InChI=1S/C28H24N2O5S/c1-2-35-28(34)20-9-13-22(14-10-20)30-26(32)18-24(27(30)33)36-23-15-11-21(12-16-23)29-25(31)17-8-19-6-4-3-5-7-19/h3-17,24H,2,18H2,1H3,(H,29,31)/b17-8+. The molecular weight excluding hydrogens is 476 g/mol. The van der Waals surface area contributed by atoms with Crippen molar-refractivity contribution < 1.29 is 23.9 Å². The molecule has 1 unspecified atom stereocenters. The Bertz CT molecular complexity index is 1290. The lowest BCUT2D eigenvalue weighted by molar-refractivity contribution is -0.121. The predicted octanol–water partition coefficient (Wildman–Crippen LogP) is 4.94. The van der Waals surface area contributed by atoms with Gasteiger partial charge in [0, 0.05) is 23.1 Å². The molecule has 8 heteroatoms. The van der Waals surface area contributed by atoms with Gasteiger partial charge in [-0.05, 0) is 67.1 Å². The molecular formula is C28H24N2O5S. The average Bonchev–Trinajstić information content (AvgIpc) is 3.17. The molecule has 0 aliphatic carbocycles. The second-order valence-electron chi connectivity index (χ2n) is 7.90. The van der Waals surface area contributed by atoms with E-state index in [9.17, 15) is 19.2 Å². The number of hydrogen-bond donors (Lipinski definition) is 1. The number of hydrogen-bond acceptors (Lipinski definition) is 6. The van der Waals surface area contributed by atoms with Gasteiger partial charge < -0.3 is 10.1 Å². The molecule has 0 saturated carbocycles. The van der Waals surface area contributed by atoms with E-state index >= 15 is 0 Å². The highest BCUT2D eigenvalue weighted by atomic mass is 32.2. The lowest BCUT2D eigenvalue weighted by Crippen LogP contribution is -2.31. The van der Waals surface area contributed by atoms with Crippen LogP contribution in [0.4, 0.5) is 11.4 Å². The Morgan fingerprint density at radius 2 is 1.69 bits per heavy atom. The first-order chi connectivity index (χ1) is 17.4. The fraction of sp³-hybridized carbons (Fsp3) is 0.143. The van der Waals surface area contributed by atoms with E-state index in [1.807, 2.05) is 30.3 Å². The summed E-state index contributed by atoms with van der Waals surface area (Å²) >= 11 is 1.30. The van der Waals surface area contributed by atoms with Crippen molar-refractivity contribution in [1.82, 2.24) is 0 Å². The molecule has 0 spiro atoms. The van der Waals surface area contributed by atoms with Crippen LogP contribution in [0.25, 0.3) is 6.08 Å². The topological polar surface area (TPSA) is 92.8 Å². The maximum absolute atomic E-state index is 13.0. The van der Waals surface area contributed by atoms with Gasteiger partial charge in [-0.3, -0.25) is 14.4 Å². The third kappa shape index (κ3) is 6.09. The molecule has 1 aliphatic heterocycles. The first-order valence-electron chi connectivity index (χ1n) is 11.4. The summed E-state index contributed by atoms with van der Waals surface area (Å²) in [6.07, 6.45) is 3.28. The molecule has 1 aliphatic rings. The minimum absolute atomic E-state index is 0.0753. The molecule has 1 heterocycles. The zero-order valence-electron chi connectivity index (χ0n) is 19.5. The number of esters is 1. The van der Waals surface area contributed by atoms with Crippen molar-refractivity contribution in [2.24, 2.45) is 0 Å². The zero-order valence-corrected chi connectivity index (χ0v) is 20.4. The lowest BCUT2D eigenvalue weighted by Gasteiger charge is -2.15. The van der Waals surface area contributed by atoms with E-state index in [4.69, 9.17) is 4.74 Å². The van der Waals surface area contributed by atoms with Gasteiger partial charge in [0.2, 0.25) is 17.7 Å². The average molecular weight is 501 g/mol. The van der Waals surface area contributed by atoms with E-state index < -0.39 is 11.2 Å². The van der Waals surface area contributed by atoms with Crippen LogP contribution >= 0.6 is 11.8 Å². The van der Waals surface area contributed by atoms with Gasteiger partial charge in [-0.25, -0.2) is 9.69 Å². The minimum Gasteiger partial charge on any atom is -0.462 e. The molecule has 3 aromatic rings. The van der Waals surface area contributed by atoms with Crippen LogP contribution in [-0.4, -0.2) is 35.5 Å². The molecule has 1 atom stereocenters. The van der Waals surface area contributed by atoms with Crippen molar-refractivity contribution in [1.29, 1.82) is 0 Å². The summed E-state index contributed by atoms with van der Waals surface area (Å²) in [6.45, 7) is 1.99. The van der Waals surface area contributed by atoms with Crippen molar-refractivity contribution in [3.05, 3.63) is 96.1 Å². The molecule has 1 fully saturated rings. The number of carbonyl (C=O) groups excluding carboxylic acids is 4. The highest BCUT2D eigenvalue weighted by Gasteiger charge is 2.40. The Hall–Kier alpha value is -4.17. The summed E-state index contributed by atoms with van der Waals surface area (Å²) in [7, 11) is 0. The normalized spacial score (nSPS) is 15.4. The van der Waals surface area contributed by atoms with Gasteiger partial charge in [0.25, 0.3) is 0 Å². The van der Waals surface area contributed by atoms with Gasteiger partial charge in [-0.1, -0.05) is 30.3 Å². The van der Waals surface area contributed by atoms with Crippen LogP contribution in [0.2, 0.25) is 0 Å². The number of amides is 3. The molecule has 1 saturated heterocycles. The van der Waals surface area contributed by atoms with Crippen LogP contribution < -0.4 is 10.2 Å². The second kappa shape index (κ2) is 11.5. The van der Waals surface area contributed by atoms with Crippen molar-refractivity contribution in [2.45, 2.75) is 23.5 Å². The molecule has 1 N–H and O–H groups in total. The molecule has 3 amide bonds. The van der Waals surface area contributed by atoms with Crippen LogP contribution in [0.3, 0.4) is 0 Å². The molecule has 0 bridgehead atoms. The second-order valence-corrected chi connectivity index (χ2v) is 9.18. The zero-order chi connectivity index (χ0) is 25.5. The maximum Gasteiger partial charge on any atom is 0.338 e. The Morgan fingerprint density at radius 1 is 1.00 bits per heavy atom. The van der Waals surface area contributed by atoms with Crippen molar-refractivity contribution in [3.8, 4) is 0 Å². The number of ether oxygens (including phenoxy) is 1. The SMILES string of the molecule is CCOC(=O)c1ccc(N2C(=O)CC(Sc3ccc(NC(=O)/C=C/c4ccccc4)cc3)C2=O)cc1. The molecule has 0 aromatic heterocycles. The Balaban J connectivity index is 1.35. The van der Waals surface area contributed by atoms with Gasteiger partial charge in [-0.2, -0.15) is 0 Å². The van der Waals surface area contributed by atoms with Crippen LogP contribution in [0.5, 0.6) is 0 Å². The van der Waals surface area contributed by atoms with E-state index in [-0.39, 0.29) is 30.7 Å². The maximum atomic E-state index is 13.0. The summed E-state index contributed by atoms with van der Waals surface area (Å²) in [5, 5.41) is 2.24.